The zero-order valence-corrected chi connectivity index (χ0v) is 16.7. The van der Waals surface area contributed by atoms with Crippen LogP contribution in [0, 0.1) is 5.82 Å². The number of unbranched alkanes of at least 4 members (excludes halogenated alkanes) is 1. The molecule has 29 heavy (non-hydrogen) atoms. The third-order valence-corrected chi connectivity index (χ3v) is 5.94. The summed E-state index contributed by atoms with van der Waals surface area (Å²) in [4.78, 5) is 26.0. The van der Waals surface area contributed by atoms with Crippen molar-refractivity contribution < 1.29 is 14.0 Å². The van der Waals surface area contributed by atoms with E-state index < -0.39 is 0 Å². The molecule has 0 atom stereocenters. The molecule has 0 bridgehead atoms. The van der Waals surface area contributed by atoms with Gasteiger partial charge >= 0.3 is 0 Å². The second kappa shape index (κ2) is 8.16. The van der Waals surface area contributed by atoms with E-state index in [2.05, 4.69) is 10.2 Å². The maximum absolute atomic E-state index is 14.0. The maximum Gasteiger partial charge on any atom is 0.261 e. The van der Waals surface area contributed by atoms with E-state index in [0.717, 1.165) is 12.2 Å². The van der Waals surface area contributed by atoms with Crippen LogP contribution in [0.4, 0.5) is 4.39 Å². The van der Waals surface area contributed by atoms with Gasteiger partial charge in [-0.1, -0.05) is 36.0 Å². The second-order valence-corrected chi connectivity index (χ2v) is 7.77. The lowest BCUT2D eigenvalue weighted by Gasteiger charge is -2.13. The van der Waals surface area contributed by atoms with Gasteiger partial charge in [0.25, 0.3) is 11.8 Å². The van der Waals surface area contributed by atoms with Crippen molar-refractivity contribution in [3.8, 4) is 11.4 Å². The molecule has 8 heteroatoms. The standard InChI is InChI=1S/C21H19FN4O2S/c1-25-18(16-10-4-5-11-17(16)22)23-24-21(25)29-13-7-6-12-26-19(27)14-8-2-3-9-15(14)20(26)28/h2-5,8-11H,6-7,12-13H2,1H3. The Morgan fingerprint density at radius 2 is 1.52 bits per heavy atom. The zero-order chi connectivity index (χ0) is 20.4. The number of fused-ring (bicyclic) bond motifs is 1. The van der Waals surface area contributed by atoms with E-state index in [0.29, 0.717) is 40.6 Å². The zero-order valence-electron chi connectivity index (χ0n) is 15.8. The fraction of sp³-hybridized carbons (Fsp3) is 0.238. The topological polar surface area (TPSA) is 68.1 Å². The van der Waals surface area contributed by atoms with Crippen LogP contribution in [0.5, 0.6) is 0 Å². The van der Waals surface area contributed by atoms with Gasteiger partial charge in [0.15, 0.2) is 11.0 Å². The van der Waals surface area contributed by atoms with Crippen LogP contribution in [0.3, 0.4) is 0 Å². The van der Waals surface area contributed by atoms with Crippen molar-refractivity contribution in [1.82, 2.24) is 19.7 Å². The third-order valence-electron chi connectivity index (χ3n) is 4.84. The fourth-order valence-electron chi connectivity index (χ4n) is 3.30. The molecule has 0 saturated heterocycles. The molecule has 0 aliphatic carbocycles. The molecule has 1 aliphatic heterocycles. The molecule has 0 unspecified atom stereocenters. The lowest BCUT2D eigenvalue weighted by atomic mass is 10.1. The van der Waals surface area contributed by atoms with E-state index in [1.54, 1.807) is 47.0 Å². The molecule has 0 spiro atoms. The summed E-state index contributed by atoms with van der Waals surface area (Å²) in [5.74, 6) is 0.464. The molecule has 0 radical (unpaired) electrons. The predicted octanol–water partition coefficient (Wildman–Crippen LogP) is 3.79. The van der Waals surface area contributed by atoms with Crippen molar-refractivity contribution in [1.29, 1.82) is 0 Å². The van der Waals surface area contributed by atoms with Gasteiger partial charge in [-0.3, -0.25) is 14.5 Å². The van der Waals surface area contributed by atoms with Gasteiger partial charge in [-0.05, 0) is 37.1 Å². The van der Waals surface area contributed by atoms with Crippen LogP contribution < -0.4 is 0 Å². The van der Waals surface area contributed by atoms with E-state index in [4.69, 9.17) is 0 Å². The molecule has 2 heterocycles. The van der Waals surface area contributed by atoms with E-state index in [1.165, 1.54) is 22.7 Å². The third kappa shape index (κ3) is 3.67. The van der Waals surface area contributed by atoms with Gasteiger partial charge in [0.05, 0.1) is 16.7 Å². The average Bonchev–Trinajstić information content (AvgIpc) is 3.21. The predicted molar refractivity (Wildman–Crippen MR) is 108 cm³/mol. The number of benzene rings is 2. The molecule has 4 rings (SSSR count). The van der Waals surface area contributed by atoms with Gasteiger partial charge in [0.2, 0.25) is 0 Å². The summed E-state index contributed by atoms with van der Waals surface area (Å²) in [6.45, 7) is 0.395. The molecule has 0 saturated carbocycles. The molecular weight excluding hydrogens is 391 g/mol. The minimum Gasteiger partial charge on any atom is -0.305 e. The largest absolute Gasteiger partial charge is 0.305 e. The lowest BCUT2D eigenvalue weighted by molar-refractivity contribution is 0.0652. The monoisotopic (exact) mass is 410 g/mol. The Hall–Kier alpha value is -3.00. The van der Waals surface area contributed by atoms with Crippen molar-refractivity contribution in [2.24, 2.45) is 7.05 Å². The number of imide groups is 1. The molecule has 2 amide bonds. The Bertz CT molecular complexity index is 1050. The molecule has 1 aliphatic rings. The van der Waals surface area contributed by atoms with Gasteiger partial charge in [0, 0.05) is 19.3 Å². The van der Waals surface area contributed by atoms with Crippen molar-refractivity contribution in [2.45, 2.75) is 18.0 Å². The summed E-state index contributed by atoms with van der Waals surface area (Å²) in [5.41, 5.74) is 1.37. The van der Waals surface area contributed by atoms with Gasteiger partial charge in [-0.15, -0.1) is 10.2 Å². The molecule has 2 aromatic carbocycles. The normalized spacial score (nSPS) is 13.2. The molecule has 6 nitrogen and oxygen atoms in total. The molecule has 0 fully saturated rings. The van der Waals surface area contributed by atoms with Crippen LogP contribution in [0.1, 0.15) is 33.6 Å². The number of carbonyl (C=O) groups excluding carboxylic acids is 2. The summed E-state index contributed by atoms with van der Waals surface area (Å²) in [6.07, 6.45) is 1.51. The molecular formula is C21H19FN4O2S. The Labute approximate surface area is 171 Å². The van der Waals surface area contributed by atoms with Crippen LogP contribution in [0.25, 0.3) is 11.4 Å². The Balaban J connectivity index is 1.30. The number of thioether (sulfide) groups is 1. The average molecular weight is 410 g/mol. The Morgan fingerprint density at radius 1 is 0.897 bits per heavy atom. The van der Waals surface area contributed by atoms with E-state index >= 15 is 0 Å². The molecule has 3 aromatic rings. The van der Waals surface area contributed by atoms with Gasteiger partial charge < -0.3 is 4.57 Å². The summed E-state index contributed by atoms with van der Waals surface area (Å²) >= 11 is 1.52. The van der Waals surface area contributed by atoms with E-state index in [9.17, 15) is 14.0 Å². The highest BCUT2D eigenvalue weighted by molar-refractivity contribution is 7.99. The quantitative estimate of drug-likeness (QED) is 0.337. The smallest absolute Gasteiger partial charge is 0.261 e. The summed E-state index contributed by atoms with van der Waals surface area (Å²) < 4.78 is 15.8. The Morgan fingerprint density at radius 3 is 2.17 bits per heavy atom. The number of hydrogen-bond acceptors (Lipinski definition) is 5. The van der Waals surface area contributed by atoms with Gasteiger partial charge in [-0.2, -0.15) is 0 Å². The molecule has 0 N–H and O–H groups in total. The SMILES string of the molecule is Cn1c(SCCCCN2C(=O)c3ccccc3C2=O)nnc1-c1ccccc1F. The highest BCUT2D eigenvalue weighted by atomic mass is 32.2. The molecule has 148 valence electrons. The maximum atomic E-state index is 14.0. The number of halogens is 1. The first-order valence-corrected chi connectivity index (χ1v) is 10.3. The summed E-state index contributed by atoms with van der Waals surface area (Å²) in [7, 11) is 1.81. The first-order chi connectivity index (χ1) is 14.1. The summed E-state index contributed by atoms with van der Waals surface area (Å²) in [5, 5.41) is 8.95. The number of carbonyl (C=O) groups is 2. The van der Waals surface area contributed by atoms with E-state index in [1.807, 2.05) is 7.05 Å². The minimum atomic E-state index is -0.333. The van der Waals surface area contributed by atoms with Crippen molar-refractivity contribution >= 4 is 23.6 Å². The number of amides is 2. The van der Waals surface area contributed by atoms with Crippen LogP contribution in [-0.2, 0) is 7.05 Å². The van der Waals surface area contributed by atoms with E-state index in [-0.39, 0.29) is 17.6 Å². The number of hydrogen-bond donors (Lipinski definition) is 0. The van der Waals surface area contributed by atoms with Crippen molar-refractivity contribution in [3.05, 3.63) is 65.5 Å². The number of rotatable bonds is 7. The highest BCUT2D eigenvalue weighted by Gasteiger charge is 2.34. The molecule has 1 aromatic heterocycles. The van der Waals surface area contributed by atoms with Crippen LogP contribution in [0.2, 0.25) is 0 Å². The van der Waals surface area contributed by atoms with Crippen LogP contribution in [0.15, 0.2) is 53.7 Å². The number of nitrogens with zero attached hydrogens (tertiary/aromatic N) is 4. The van der Waals surface area contributed by atoms with Gasteiger partial charge in [0.1, 0.15) is 5.82 Å². The first-order valence-electron chi connectivity index (χ1n) is 9.30. The second-order valence-electron chi connectivity index (χ2n) is 6.71. The highest BCUT2D eigenvalue weighted by Crippen LogP contribution is 2.26. The Kier molecular flexibility index (Phi) is 5.44. The van der Waals surface area contributed by atoms with Crippen molar-refractivity contribution in [2.75, 3.05) is 12.3 Å². The van der Waals surface area contributed by atoms with Crippen molar-refractivity contribution in [3.63, 3.8) is 0 Å². The summed E-state index contributed by atoms with van der Waals surface area (Å²) in [6, 6.07) is 13.4. The van der Waals surface area contributed by atoms with Gasteiger partial charge in [-0.25, -0.2) is 4.39 Å². The van der Waals surface area contributed by atoms with Crippen LogP contribution in [-0.4, -0.2) is 43.8 Å². The fourth-order valence-corrected chi connectivity index (χ4v) is 4.21. The first kappa shape index (κ1) is 19.3. The minimum absolute atomic E-state index is 0.221. The number of aromatic nitrogens is 3. The lowest BCUT2D eigenvalue weighted by Crippen LogP contribution is -2.30. The van der Waals surface area contributed by atoms with Crippen LogP contribution >= 0.6 is 11.8 Å².